The number of carbonyl (C=O) groups is 3. The molecule has 618 valence electrons. The number of amides is 3. The largest absolute Gasteiger partial charge is 0.457 e. The number of anilines is 3. The SMILES string of the molecule is CCN(C/C=C/C(=O)N1CCC[C@@H](n2cc(-c3ccc(Oc4ccccc4)cc3)c3c(N)n[nH]c(=O)c32)C1)C1CC1.CN(C/C=C/C(=O)N1CCC[C@@H](n2cc(-c3ccc(Oc4ccccc4)cc3)c3c(N)n[nH]c(=O)c32)C1)C1CC1.Nc1n[nH]c(=O)c2c1c(-c1ccc(Oc3ccccc3)cc1)cn2[C@@H]1CCCN(C(=O)/C=C/CNC2CC2)C1. The van der Waals surface area contributed by atoms with Crippen LogP contribution >= 0.6 is 0 Å². The smallest absolute Gasteiger partial charge is 0.288 e. The van der Waals surface area contributed by atoms with Gasteiger partial charge in [-0.1, -0.05) is 116 Å². The fraction of sp³-hybridized carbons (Fsp3) is 0.323. The number of aromatic amines is 3. The first-order valence-corrected chi connectivity index (χ1v) is 41.8. The zero-order chi connectivity index (χ0) is 82.8. The monoisotopic (exact) mass is 1610 g/mol. The van der Waals surface area contributed by atoms with Crippen molar-refractivity contribution in [2.45, 2.75) is 120 Å². The Morgan fingerprint density at radius 1 is 0.433 bits per heavy atom. The first-order valence-electron chi connectivity index (χ1n) is 41.8. The molecule has 0 spiro atoms. The lowest BCUT2D eigenvalue weighted by atomic mass is 10.1. The summed E-state index contributed by atoms with van der Waals surface area (Å²) in [5.41, 5.74) is 24.7. The van der Waals surface area contributed by atoms with Crippen LogP contribution in [-0.4, -0.2) is 177 Å². The van der Waals surface area contributed by atoms with Crippen molar-refractivity contribution in [3.8, 4) is 67.9 Å². The summed E-state index contributed by atoms with van der Waals surface area (Å²) in [6.45, 7) is 9.11. The molecule has 27 nitrogen and oxygen atoms in total. The van der Waals surface area contributed by atoms with Crippen molar-refractivity contribution in [1.29, 1.82) is 0 Å². The Morgan fingerprint density at radius 3 is 1.08 bits per heavy atom. The predicted molar refractivity (Wildman–Crippen MR) is 469 cm³/mol. The Kier molecular flexibility index (Phi) is 24.7. The van der Waals surface area contributed by atoms with Gasteiger partial charge in [0, 0.05) is 131 Å². The lowest BCUT2D eigenvalue weighted by Gasteiger charge is -2.33. The number of aromatic nitrogens is 9. The highest BCUT2D eigenvalue weighted by atomic mass is 16.5. The van der Waals surface area contributed by atoms with Crippen molar-refractivity contribution in [1.82, 2.24) is 74.1 Å². The van der Waals surface area contributed by atoms with E-state index in [1.807, 2.05) is 229 Å². The zero-order valence-electron chi connectivity index (χ0n) is 67.6. The van der Waals surface area contributed by atoms with E-state index in [0.29, 0.717) is 114 Å². The molecule has 10 N–H and O–H groups in total. The second-order valence-electron chi connectivity index (χ2n) is 31.8. The molecule has 6 fully saturated rings. The third-order valence-electron chi connectivity index (χ3n) is 23.3. The van der Waals surface area contributed by atoms with Crippen molar-refractivity contribution >= 4 is 67.9 Å². The third kappa shape index (κ3) is 19.0. The number of fused-ring (bicyclic) bond motifs is 3. The van der Waals surface area contributed by atoms with E-state index in [2.05, 4.69) is 59.7 Å². The molecule has 18 rings (SSSR count). The molecule has 3 atom stereocenters. The normalized spacial score (nSPS) is 17.6. The fourth-order valence-corrected chi connectivity index (χ4v) is 16.6. The number of hydrogen-bond donors (Lipinski definition) is 7. The molecule has 3 saturated carbocycles. The first-order chi connectivity index (χ1) is 58.6. The molecule has 3 aliphatic carbocycles. The van der Waals surface area contributed by atoms with Crippen molar-refractivity contribution in [3.05, 3.63) is 250 Å². The summed E-state index contributed by atoms with van der Waals surface area (Å²) in [6.07, 6.45) is 29.4. The second kappa shape index (κ2) is 36.8. The molecular formula is C93H102N18O9. The molecule has 6 aromatic heterocycles. The molecular weight excluding hydrogens is 1510 g/mol. The standard InChI is InChI=1S/C32H36N6O3.C31H34N6O3.C30H32N6O3/c1-2-36(23-14-15-23)18-7-11-28(39)37-19-6-8-24(20-37)38-21-27(29-30(38)32(40)35-34-31(29)33)22-12-16-26(17-13-22)41-25-9-4-3-5-10-25;1-35(22-13-14-22)17-6-10-27(38)36-18-5-7-23(19-36)37-20-26(28-29(37)31(39)34-33-30(28)32)21-11-15-25(16-12-21)40-24-8-3-2-4-9-24;31-29-27-25(20-10-14-24(15-11-20)39-23-7-2-1-3-8-23)19-36(28(27)30(38)34-33-29)22-6-5-17-35(18-22)26(37)9-4-16-32-21-12-13-21/h3-5,7,9-13,16-17,21,23-24H,2,6,8,14-15,18-20H2,1H3,(H2,33,34)(H,35,40);2-4,6,8-12,15-16,20,22-23H,5,7,13-14,17-19H2,1H3,(H2,32,33)(H,34,39);1-4,7-11,14-15,19,21-22,32H,5-6,12-13,16-18H2,(H2,31,33)(H,34,38)/b11-7+;10-6+;9-4+/t24-;23-;22-/m111/s1. The molecule has 3 saturated heterocycles. The Hall–Kier alpha value is -13.1. The number of nitrogens with zero attached hydrogens (tertiary/aromatic N) is 11. The van der Waals surface area contributed by atoms with Gasteiger partial charge in [0.15, 0.2) is 17.5 Å². The zero-order valence-corrected chi connectivity index (χ0v) is 67.6. The molecule has 6 aromatic carbocycles. The number of benzene rings is 6. The molecule has 0 radical (unpaired) electrons. The summed E-state index contributed by atoms with van der Waals surface area (Å²) in [4.78, 5) is 88.5. The number of para-hydroxylation sites is 3. The number of nitrogens with one attached hydrogen (secondary N) is 4. The van der Waals surface area contributed by atoms with E-state index in [4.69, 9.17) is 31.4 Å². The molecule has 120 heavy (non-hydrogen) atoms. The van der Waals surface area contributed by atoms with Crippen LogP contribution in [0.15, 0.2) is 233 Å². The minimum absolute atomic E-state index is 0.00178. The lowest BCUT2D eigenvalue weighted by molar-refractivity contribution is -0.128. The maximum absolute atomic E-state index is 13.1. The molecule has 3 aliphatic heterocycles. The second-order valence-corrected chi connectivity index (χ2v) is 31.8. The molecule has 0 unspecified atom stereocenters. The number of carbonyl (C=O) groups excluding carboxylic acids is 3. The predicted octanol–water partition coefficient (Wildman–Crippen LogP) is 13.8. The van der Waals surface area contributed by atoms with Crippen molar-refractivity contribution in [2.75, 3.05) is 89.7 Å². The van der Waals surface area contributed by atoms with E-state index < -0.39 is 0 Å². The maximum atomic E-state index is 13.1. The third-order valence-corrected chi connectivity index (χ3v) is 23.3. The van der Waals surface area contributed by atoms with Gasteiger partial charge in [0.2, 0.25) is 17.7 Å². The molecule has 6 aliphatic rings. The number of rotatable bonds is 25. The van der Waals surface area contributed by atoms with Crippen molar-refractivity contribution < 1.29 is 28.6 Å². The van der Waals surface area contributed by atoms with E-state index in [-0.39, 0.29) is 70.0 Å². The summed E-state index contributed by atoms with van der Waals surface area (Å²) in [7, 11) is 2.10. The Morgan fingerprint density at radius 2 is 0.758 bits per heavy atom. The number of hydrogen-bond acceptors (Lipinski definition) is 18. The molecule has 27 heteroatoms. The van der Waals surface area contributed by atoms with E-state index >= 15 is 0 Å². The highest BCUT2D eigenvalue weighted by Gasteiger charge is 2.34. The summed E-state index contributed by atoms with van der Waals surface area (Å²) < 4.78 is 23.8. The van der Waals surface area contributed by atoms with Crippen LogP contribution in [0.2, 0.25) is 0 Å². The van der Waals surface area contributed by atoms with E-state index in [0.717, 1.165) is 109 Å². The Bertz CT molecular complexity index is 5890. The average Bonchev–Trinajstić information content (AvgIpc) is 1.61. The first kappa shape index (κ1) is 80.7. The Balaban J connectivity index is 0.000000134. The van der Waals surface area contributed by atoms with Gasteiger partial charge in [0.25, 0.3) is 16.7 Å². The van der Waals surface area contributed by atoms with Crippen LogP contribution in [-0.2, 0) is 14.4 Å². The van der Waals surface area contributed by atoms with Gasteiger partial charge < -0.3 is 65.1 Å². The van der Waals surface area contributed by atoms with Crippen LogP contribution in [0.25, 0.3) is 66.1 Å². The van der Waals surface area contributed by atoms with Crippen LogP contribution in [0.5, 0.6) is 34.5 Å². The molecule has 3 amide bonds. The number of likely N-dealkylation sites (N-methyl/N-ethyl adjacent to an activating group) is 2. The van der Waals surface area contributed by atoms with Crippen molar-refractivity contribution in [2.24, 2.45) is 0 Å². The van der Waals surface area contributed by atoms with Crippen LogP contribution in [0, 0.1) is 0 Å². The lowest BCUT2D eigenvalue weighted by Crippen LogP contribution is -2.40. The number of likely N-dealkylation sites (tertiary alicyclic amines) is 3. The van der Waals surface area contributed by atoms with Gasteiger partial charge in [-0.2, -0.15) is 15.3 Å². The number of nitrogens with two attached hydrogens (primary N) is 3. The van der Waals surface area contributed by atoms with Gasteiger partial charge in [-0.15, -0.1) is 0 Å². The van der Waals surface area contributed by atoms with Crippen LogP contribution in [0.4, 0.5) is 17.5 Å². The fourth-order valence-electron chi connectivity index (χ4n) is 16.6. The van der Waals surface area contributed by atoms with Crippen LogP contribution < -0.4 is 53.4 Å². The van der Waals surface area contributed by atoms with Gasteiger partial charge >= 0.3 is 0 Å². The van der Waals surface area contributed by atoms with Gasteiger partial charge in [0.1, 0.15) is 51.0 Å². The van der Waals surface area contributed by atoms with Crippen molar-refractivity contribution in [3.63, 3.8) is 0 Å². The van der Waals surface area contributed by atoms with Gasteiger partial charge in [0.05, 0.1) is 34.3 Å². The van der Waals surface area contributed by atoms with Gasteiger partial charge in [-0.05, 0) is 180 Å². The van der Waals surface area contributed by atoms with E-state index in [1.54, 1.807) is 18.2 Å². The maximum Gasteiger partial charge on any atom is 0.288 e. The van der Waals surface area contributed by atoms with E-state index in [1.165, 1.54) is 38.5 Å². The van der Waals surface area contributed by atoms with E-state index in [9.17, 15) is 28.8 Å². The van der Waals surface area contributed by atoms with Crippen LogP contribution in [0.1, 0.15) is 102 Å². The van der Waals surface area contributed by atoms with Gasteiger partial charge in [-0.25, -0.2) is 15.3 Å². The Labute approximate surface area is 694 Å². The number of ether oxygens (including phenoxy) is 3. The summed E-state index contributed by atoms with van der Waals surface area (Å²) in [6, 6.07) is 53.7. The highest BCUT2D eigenvalue weighted by Crippen LogP contribution is 2.42. The molecule has 0 bridgehead atoms. The number of H-pyrrole nitrogens is 3. The molecule has 9 heterocycles. The average molecular weight is 1620 g/mol. The summed E-state index contributed by atoms with van der Waals surface area (Å²) in [5, 5.41) is 25.0. The molecule has 12 aromatic rings. The summed E-state index contributed by atoms with van der Waals surface area (Å²) >= 11 is 0. The quantitative estimate of drug-likeness (QED) is 0.0261. The number of piperidine rings is 3. The minimum Gasteiger partial charge on any atom is -0.457 e. The van der Waals surface area contributed by atoms with Crippen LogP contribution in [0.3, 0.4) is 0 Å². The highest BCUT2D eigenvalue weighted by molar-refractivity contribution is 6.04. The topological polar surface area (TPSA) is 337 Å². The number of nitrogen functional groups attached to an aromatic ring is 3. The minimum atomic E-state index is -0.302. The van der Waals surface area contributed by atoms with Gasteiger partial charge in [-0.3, -0.25) is 38.6 Å². The summed E-state index contributed by atoms with van der Waals surface area (Å²) in [5.74, 6) is 5.21.